The van der Waals surface area contributed by atoms with Crippen molar-refractivity contribution in [3.63, 3.8) is 0 Å². The van der Waals surface area contributed by atoms with Gasteiger partial charge in [-0.25, -0.2) is 9.52 Å². The third kappa shape index (κ3) is 4.35. The second-order valence-corrected chi connectivity index (χ2v) is 4.62. The van der Waals surface area contributed by atoms with E-state index in [1.807, 2.05) is 0 Å². The van der Waals surface area contributed by atoms with Crippen molar-refractivity contribution in [1.29, 1.82) is 0 Å². The number of carbonyl (C=O) groups is 1. The van der Waals surface area contributed by atoms with Crippen molar-refractivity contribution >= 4 is 33.5 Å². The van der Waals surface area contributed by atoms with Crippen LogP contribution in [0, 0.1) is 0 Å². The van der Waals surface area contributed by atoms with E-state index < -0.39 is 16.3 Å². The predicted octanol–water partition coefficient (Wildman–Crippen LogP) is -1.19. The summed E-state index contributed by atoms with van der Waals surface area (Å²) >= 11 is 4.51. The van der Waals surface area contributed by atoms with E-state index in [0.717, 1.165) is 11.4 Å². The molecule has 9 heteroatoms. The van der Waals surface area contributed by atoms with Crippen LogP contribution in [-0.4, -0.2) is 44.5 Å². The Balaban J connectivity index is 4.46. The molecule has 0 aliphatic heterocycles. The van der Waals surface area contributed by atoms with E-state index in [9.17, 15) is 13.2 Å². The number of rotatable bonds is 4. The fourth-order valence-electron chi connectivity index (χ4n) is 0.529. The van der Waals surface area contributed by atoms with Gasteiger partial charge in [-0.05, 0) is 0 Å². The van der Waals surface area contributed by atoms with Crippen LogP contribution in [-0.2, 0) is 14.9 Å². The summed E-state index contributed by atoms with van der Waals surface area (Å²) in [5, 5.41) is 0. The minimum Gasteiger partial charge on any atom is -0.452 e. The molecule has 0 radical (unpaired) electrons. The molecule has 0 aliphatic rings. The van der Waals surface area contributed by atoms with Crippen LogP contribution >= 0.6 is 12.2 Å². The first-order valence-corrected chi connectivity index (χ1v) is 5.24. The van der Waals surface area contributed by atoms with E-state index in [1.54, 1.807) is 4.72 Å². The monoisotopic (exact) mass is 241 g/mol. The SMILES string of the molecule is COC(=O)NS(=O)(=O)N(C)CC(N)=S. The average Bonchev–Trinajstić information content (AvgIpc) is 2.02. The third-order valence-electron chi connectivity index (χ3n) is 1.19. The van der Waals surface area contributed by atoms with Gasteiger partial charge >= 0.3 is 16.3 Å². The fourth-order valence-corrected chi connectivity index (χ4v) is 1.56. The van der Waals surface area contributed by atoms with Crippen LogP contribution in [0.3, 0.4) is 0 Å². The molecule has 3 N–H and O–H groups in total. The highest BCUT2D eigenvalue weighted by Gasteiger charge is 2.20. The molecular weight excluding hydrogens is 230 g/mol. The second-order valence-electron chi connectivity index (χ2n) is 2.32. The Labute approximate surface area is 87.4 Å². The molecule has 7 nitrogen and oxygen atoms in total. The van der Waals surface area contributed by atoms with Gasteiger partial charge in [-0.15, -0.1) is 0 Å². The van der Waals surface area contributed by atoms with Gasteiger partial charge in [0.15, 0.2) is 0 Å². The first-order valence-electron chi connectivity index (χ1n) is 3.40. The highest BCUT2D eigenvalue weighted by molar-refractivity contribution is 7.87. The number of nitrogens with zero attached hydrogens (tertiary/aromatic N) is 1. The van der Waals surface area contributed by atoms with Crippen LogP contribution in [0.15, 0.2) is 0 Å². The van der Waals surface area contributed by atoms with Crippen molar-refractivity contribution in [2.75, 3.05) is 20.7 Å². The molecule has 0 aromatic rings. The fraction of sp³-hybridized carbons (Fsp3) is 0.600. The number of likely N-dealkylation sites (N-methyl/N-ethyl adjacent to an activating group) is 1. The maximum atomic E-state index is 11.2. The number of hydrogen-bond acceptors (Lipinski definition) is 5. The van der Waals surface area contributed by atoms with Gasteiger partial charge in [0.25, 0.3) is 0 Å². The summed E-state index contributed by atoms with van der Waals surface area (Å²) in [6, 6.07) is 0. The van der Waals surface area contributed by atoms with Crippen LogP contribution in [0.2, 0.25) is 0 Å². The van der Waals surface area contributed by atoms with Crippen LogP contribution in [0.25, 0.3) is 0 Å². The lowest BCUT2D eigenvalue weighted by Crippen LogP contribution is -2.44. The maximum absolute atomic E-state index is 11.2. The molecule has 1 amide bonds. The zero-order valence-electron chi connectivity index (χ0n) is 7.68. The van der Waals surface area contributed by atoms with Gasteiger partial charge < -0.3 is 10.5 Å². The van der Waals surface area contributed by atoms with Crippen LogP contribution in [0.4, 0.5) is 4.79 Å². The van der Waals surface area contributed by atoms with Gasteiger partial charge in [0, 0.05) is 7.05 Å². The number of nitrogens with two attached hydrogens (primary N) is 1. The molecule has 0 rings (SSSR count). The number of thiocarbonyl (C=S) groups is 1. The van der Waals surface area contributed by atoms with Gasteiger partial charge in [-0.2, -0.15) is 12.7 Å². The van der Waals surface area contributed by atoms with Gasteiger partial charge in [0.05, 0.1) is 18.6 Å². The summed E-state index contributed by atoms with van der Waals surface area (Å²) in [5.41, 5.74) is 5.13. The van der Waals surface area contributed by atoms with Crippen molar-refractivity contribution in [3.8, 4) is 0 Å². The smallest absolute Gasteiger partial charge is 0.421 e. The summed E-state index contributed by atoms with van der Waals surface area (Å²) in [7, 11) is -1.64. The topological polar surface area (TPSA) is 102 Å². The predicted molar refractivity (Wildman–Crippen MR) is 53.9 cm³/mol. The molecule has 82 valence electrons. The van der Waals surface area contributed by atoms with Crippen molar-refractivity contribution in [3.05, 3.63) is 0 Å². The van der Waals surface area contributed by atoms with E-state index in [0.29, 0.717) is 0 Å². The van der Waals surface area contributed by atoms with Crippen LogP contribution in [0.5, 0.6) is 0 Å². The number of carbonyl (C=O) groups excluding carboxylic acids is 1. The summed E-state index contributed by atoms with van der Waals surface area (Å²) in [6.45, 7) is -0.151. The minimum absolute atomic E-state index is 0.00254. The summed E-state index contributed by atoms with van der Waals surface area (Å²) < 4.78 is 29.0. The van der Waals surface area contributed by atoms with Crippen LogP contribution in [0.1, 0.15) is 0 Å². The van der Waals surface area contributed by atoms with Crippen molar-refractivity contribution in [1.82, 2.24) is 9.03 Å². The molecule has 0 fully saturated rings. The molecule has 0 heterocycles. The Kier molecular flexibility index (Phi) is 4.74. The maximum Gasteiger partial charge on any atom is 0.421 e. The molecule has 0 spiro atoms. The zero-order valence-corrected chi connectivity index (χ0v) is 9.31. The molecule has 0 unspecified atom stereocenters. The summed E-state index contributed by atoms with van der Waals surface area (Å²) in [5.74, 6) is 0. The Morgan fingerprint density at radius 1 is 1.64 bits per heavy atom. The molecular formula is C5H11N3O4S2. The van der Waals surface area contributed by atoms with E-state index in [4.69, 9.17) is 5.73 Å². The zero-order chi connectivity index (χ0) is 11.4. The van der Waals surface area contributed by atoms with Gasteiger partial charge in [-0.3, -0.25) is 0 Å². The van der Waals surface area contributed by atoms with Gasteiger partial charge in [0.1, 0.15) is 0 Å². The molecule has 0 atom stereocenters. The van der Waals surface area contributed by atoms with Crippen molar-refractivity contribution in [2.24, 2.45) is 5.73 Å². The minimum atomic E-state index is -3.93. The Morgan fingerprint density at radius 3 is 2.50 bits per heavy atom. The lowest BCUT2D eigenvalue weighted by atomic mass is 10.7. The number of nitrogens with one attached hydrogen (secondary N) is 1. The Bertz CT molecular complexity index is 326. The Morgan fingerprint density at radius 2 is 2.14 bits per heavy atom. The molecule has 14 heavy (non-hydrogen) atoms. The van der Waals surface area contributed by atoms with E-state index in [-0.39, 0.29) is 11.5 Å². The second kappa shape index (κ2) is 5.08. The van der Waals surface area contributed by atoms with E-state index >= 15 is 0 Å². The summed E-state index contributed by atoms with van der Waals surface area (Å²) in [4.78, 5) is 10.6. The Hall–Kier alpha value is -0.930. The number of methoxy groups -OCH3 is 1. The molecule has 0 aromatic carbocycles. The lowest BCUT2D eigenvalue weighted by molar-refractivity contribution is 0.177. The van der Waals surface area contributed by atoms with E-state index in [2.05, 4.69) is 17.0 Å². The first kappa shape index (κ1) is 13.1. The molecule has 0 aliphatic carbocycles. The third-order valence-corrected chi connectivity index (χ3v) is 2.69. The highest BCUT2D eigenvalue weighted by atomic mass is 32.2. The normalized spacial score (nSPS) is 11.1. The highest BCUT2D eigenvalue weighted by Crippen LogP contribution is 1.93. The molecule has 0 bridgehead atoms. The van der Waals surface area contributed by atoms with Gasteiger partial charge in [-0.1, -0.05) is 12.2 Å². The average molecular weight is 241 g/mol. The first-order chi connectivity index (χ1) is 6.29. The standard InChI is InChI=1S/C5H11N3O4S2/c1-8(3-4(6)13)14(10,11)7-5(9)12-2/h3H2,1-2H3,(H2,6,13)(H,7,9). The number of hydrogen-bond donors (Lipinski definition) is 2. The van der Waals surface area contributed by atoms with Gasteiger partial charge in [0.2, 0.25) is 0 Å². The van der Waals surface area contributed by atoms with E-state index in [1.165, 1.54) is 7.05 Å². The van der Waals surface area contributed by atoms with Crippen LogP contribution < -0.4 is 10.5 Å². The molecule has 0 aromatic heterocycles. The number of amides is 1. The molecule has 0 saturated heterocycles. The number of ether oxygens (including phenoxy) is 1. The van der Waals surface area contributed by atoms with Crippen molar-refractivity contribution < 1.29 is 17.9 Å². The quantitative estimate of drug-likeness (QED) is 0.600. The van der Waals surface area contributed by atoms with Crippen molar-refractivity contribution in [2.45, 2.75) is 0 Å². The summed E-state index contributed by atoms with van der Waals surface area (Å²) in [6.07, 6.45) is -1.07. The largest absolute Gasteiger partial charge is 0.452 e. The molecule has 0 saturated carbocycles. The lowest BCUT2D eigenvalue weighted by Gasteiger charge is -2.15.